The van der Waals surface area contributed by atoms with Crippen molar-refractivity contribution in [1.29, 1.82) is 0 Å². The first-order chi connectivity index (χ1) is 31.3. The van der Waals surface area contributed by atoms with Gasteiger partial charge in [-0.25, -0.2) is 14.6 Å². The first kappa shape index (κ1) is 51.1. The molecule has 0 radical (unpaired) electrons. The van der Waals surface area contributed by atoms with E-state index in [0.717, 1.165) is 36.8 Å². The van der Waals surface area contributed by atoms with Crippen LogP contribution in [0.1, 0.15) is 133 Å². The van der Waals surface area contributed by atoms with Gasteiger partial charge in [-0.05, 0) is 104 Å². The lowest BCUT2D eigenvalue weighted by Crippen LogP contribution is -2.72. The minimum absolute atomic E-state index is 0.0129. The lowest BCUT2D eigenvalue weighted by Gasteiger charge is -2.72. The summed E-state index contributed by atoms with van der Waals surface area (Å²) in [5, 5.41) is 0. The zero-order valence-corrected chi connectivity index (χ0v) is 43.1. The lowest BCUT2D eigenvalue weighted by molar-refractivity contribution is -0.404. The number of carbonyl (C=O) groups is 3. The average molecular weight is 927 g/mol. The maximum Gasteiger partial charge on any atom is 0.410 e. The molecule has 1 aliphatic heterocycles. The maximum atomic E-state index is 14.4. The van der Waals surface area contributed by atoms with Crippen molar-refractivity contribution in [3.8, 4) is 0 Å². The smallest absolute Gasteiger partial charge is 0.410 e. The molecule has 0 unspecified atom stereocenters. The summed E-state index contributed by atoms with van der Waals surface area (Å²) in [6.07, 6.45) is 4.07. The Hall–Kier alpha value is -3.77. The second-order valence-electron chi connectivity index (χ2n) is 23.7. The highest BCUT2D eigenvalue weighted by Crippen LogP contribution is 2.75. The number of benzene rings is 2. The number of nitrogens with two attached hydrogens (primary N) is 1. The Morgan fingerprint density at radius 3 is 2.13 bits per heavy atom. The molecule has 4 fully saturated rings. The SMILES string of the molecule is CC(=O)O[C@@H]1C[C@@]23COC[C@](C)([C@@H]2CC[C@H]2C3=C[C@@H](OOC(C)(C)c3ccccc3)[C@@]3(C)[C@H](C(N)=O)[C@@](C)([C@H](C)C(C)C)CC[C@]23C)[C@H]1OC[C@](C)(C(C)C)N(C)C(=O)OCc1ccccc1. The van der Waals surface area contributed by atoms with Gasteiger partial charge in [-0.2, -0.15) is 0 Å². The molecule has 0 spiro atoms. The van der Waals surface area contributed by atoms with Crippen molar-refractivity contribution >= 4 is 18.0 Å². The van der Waals surface area contributed by atoms with Gasteiger partial charge in [0, 0.05) is 30.2 Å². The van der Waals surface area contributed by atoms with E-state index in [2.05, 4.69) is 68.4 Å². The number of nitrogens with zero attached hydrogens (tertiary/aromatic N) is 1. The Balaban J connectivity index is 1.29. The van der Waals surface area contributed by atoms with Gasteiger partial charge in [-0.1, -0.05) is 135 Å². The van der Waals surface area contributed by atoms with E-state index >= 15 is 0 Å². The number of amides is 2. The minimum Gasteiger partial charge on any atom is -0.460 e. The van der Waals surface area contributed by atoms with Crippen molar-refractivity contribution in [1.82, 2.24) is 4.90 Å². The summed E-state index contributed by atoms with van der Waals surface area (Å²) in [7, 11) is 1.77. The van der Waals surface area contributed by atoms with Gasteiger partial charge in [-0.15, -0.1) is 0 Å². The molecule has 4 aliphatic carbocycles. The molecule has 1 heterocycles. The van der Waals surface area contributed by atoms with Gasteiger partial charge in [-0.3, -0.25) is 9.59 Å². The molecular formula is C56H82N2O9. The predicted octanol–water partition coefficient (Wildman–Crippen LogP) is 10.8. The lowest BCUT2D eigenvalue weighted by atomic mass is 9.33. The number of likely N-dealkylation sites (N-methyl/N-ethyl adjacent to an activating group) is 1. The second-order valence-corrected chi connectivity index (χ2v) is 23.7. The highest BCUT2D eigenvalue weighted by atomic mass is 17.2. The van der Waals surface area contributed by atoms with Gasteiger partial charge in [0.25, 0.3) is 0 Å². The third-order valence-electron chi connectivity index (χ3n) is 19.4. The van der Waals surface area contributed by atoms with Crippen molar-refractivity contribution in [2.24, 2.45) is 68.3 Å². The molecule has 13 atom stereocenters. The minimum atomic E-state index is -0.818. The second kappa shape index (κ2) is 18.5. The number of primary amides is 1. The van der Waals surface area contributed by atoms with Gasteiger partial charge in [0.1, 0.15) is 30.5 Å². The fourth-order valence-corrected chi connectivity index (χ4v) is 14.4. The normalized spacial score (nSPS) is 36.1. The third kappa shape index (κ3) is 8.47. The Labute approximate surface area is 401 Å². The number of rotatable bonds is 15. The van der Waals surface area contributed by atoms with E-state index in [1.54, 1.807) is 11.9 Å². The molecule has 2 amide bonds. The number of carbonyl (C=O) groups excluding carboxylic acids is 3. The van der Waals surface area contributed by atoms with E-state index in [1.807, 2.05) is 81.4 Å². The first-order valence-electron chi connectivity index (χ1n) is 25.1. The van der Waals surface area contributed by atoms with Crippen LogP contribution in [0.5, 0.6) is 0 Å². The van der Waals surface area contributed by atoms with Crippen LogP contribution in [0.3, 0.4) is 0 Å². The molecule has 370 valence electrons. The van der Waals surface area contributed by atoms with Crippen LogP contribution < -0.4 is 5.73 Å². The molecule has 11 heteroatoms. The van der Waals surface area contributed by atoms with E-state index < -0.39 is 68.5 Å². The maximum absolute atomic E-state index is 14.4. The van der Waals surface area contributed by atoms with Crippen LogP contribution in [-0.2, 0) is 50.5 Å². The van der Waals surface area contributed by atoms with Crippen LogP contribution >= 0.6 is 0 Å². The average Bonchev–Trinajstić information content (AvgIpc) is 3.27. The summed E-state index contributed by atoms with van der Waals surface area (Å²) in [6, 6.07) is 19.7. The van der Waals surface area contributed by atoms with Crippen LogP contribution in [0.4, 0.5) is 4.79 Å². The summed E-state index contributed by atoms with van der Waals surface area (Å²) in [5.74, 6) is -0.501. The third-order valence-corrected chi connectivity index (χ3v) is 19.4. The first-order valence-corrected chi connectivity index (χ1v) is 25.1. The zero-order valence-electron chi connectivity index (χ0n) is 43.1. The molecule has 2 bridgehead atoms. The molecule has 1 saturated heterocycles. The Morgan fingerprint density at radius 2 is 1.54 bits per heavy atom. The zero-order chi connectivity index (χ0) is 49.1. The van der Waals surface area contributed by atoms with Gasteiger partial charge >= 0.3 is 12.1 Å². The van der Waals surface area contributed by atoms with Crippen molar-refractivity contribution in [2.75, 3.05) is 26.9 Å². The van der Waals surface area contributed by atoms with Crippen LogP contribution in [-0.4, -0.2) is 73.6 Å². The Kier molecular flexibility index (Phi) is 14.1. The largest absolute Gasteiger partial charge is 0.460 e. The summed E-state index contributed by atoms with van der Waals surface area (Å²) in [4.78, 5) is 56.6. The molecule has 67 heavy (non-hydrogen) atoms. The van der Waals surface area contributed by atoms with Gasteiger partial charge in [0.2, 0.25) is 5.91 Å². The van der Waals surface area contributed by atoms with Gasteiger partial charge < -0.3 is 29.6 Å². The van der Waals surface area contributed by atoms with Crippen LogP contribution in [0.25, 0.3) is 0 Å². The Bertz CT molecular complexity index is 2140. The van der Waals surface area contributed by atoms with Gasteiger partial charge in [0.15, 0.2) is 0 Å². The molecule has 7 rings (SSSR count). The standard InChI is InChI=1S/C56H82N2O9/c1-35(2)37(5)51(9)27-28-53(11)41-25-26-44-52(10)32-62-34-56(44,42(41)29-45(55(53,13)46(51)48(57)60)66-67-50(7,8)40-23-19-16-20-24-40)30-43(65-38(6)59)47(52)64-33-54(12,36(3)4)58(14)49(61)63-31-39-21-17-15-18-22-39/h15-24,29,35-37,41,43-47H,25-28,30-34H2,1-14H3,(H2,57,60)/t37-,41+,43-,44+,45-,46-,47+,51-,52-,53-,54-,55+,56+/m1/s1. The van der Waals surface area contributed by atoms with E-state index in [4.69, 9.17) is 34.5 Å². The van der Waals surface area contributed by atoms with E-state index in [0.29, 0.717) is 25.6 Å². The van der Waals surface area contributed by atoms with Crippen molar-refractivity contribution in [3.05, 3.63) is 83.4 Å². The number of ether oxygens (including phenoxy) is 4. The highest BCUT2D eigenvalue weighted by Gasteiger charge is 2.74. The summed E-state index contributed by atoms with van der Waals surface area (Å²) in [6.45, 7) is 28.8. The molecule has 2 aromatic rings. The topological polar surface area (TPSA) is 136 Å². The molecule has 11 nitrogen and oxygen atoms in total. The molecule has 3 saturated carbocycles. The number of esters is 1. The van der Waals surface area contributed by atoms with Crippen molar-refractivity contribution in [2.45, 2.75) is 158 Å². The summed E-state index contributed by atoms with van der Waals surface area (Å²) in [5.41, 5.74) is 5.53. The monoisotopic (exact) mass is 927 g/mol. The Morgan fingerprint density at radius 1 is 0.896 bits per heavy atom. The highest BCUT2D eigenvalue weighted by molar-refractivity contribution is 5.79. The number of fused-ring (bicyclic) bond motifs is 3. The quantitative estimate of drug-likeness (QED) is 0.0801. The fourth-order valence-electron chi connectivity index (χ4n) is 14.4. The fraction of sp³-hybridized carbons (Fsp3) is 0.696. The molecule has 0 aromatic heterocycles. The summed E-state index contributed by atoms with van der Waals surface area (Å²) < 4.78 is 26.2. The van der Waals surface area contributed by atoms with Gasteiger partial charge in [0.05, 0.1) is 31.3 Å². The van der Waals surface area contributed by atoms with Crippen LogP contribution in [0.2, 0.25) is 0 Å². The molecular weight excluding hydrogens is 845 g/mol. The molecule has 2 aromatic carbocycles. The van der Waals surface area contributed by atoms with Crippen molar-refractivity contribution < 1.29 is 43.1 Å². The van der Waals surface area contributed by atoms with Crippen molar-refractivity contribution in [3.63, 3.8) is 0 Å². The summed E-state index contributed by atoms with van der Waals surface area (Å²) >= 11 is 0. The van der Waals surface area contributed by atoms with Crippen LogP contribution in [0.15, 0.2) is 72.3 Å². The molecule has 2 N–H and O–H groups in total. The van der Waals surface area contributed by atoms with Crippen LogP contribution in [0, 0.1) is 62.6 Å². The van der Waals surface area contributed by atoms with E-state index in [-0.39, 0.29) is 48.8 Å². The number of hydrogen-bond donors (Lipinski definition) is 1. The van der Waals surface area contributed by atoms with E-state index in [9.17, 15) is 14.4 Å². The van der Waals surface area contributed by atoms with E-state index in [1.165, 1.54) is 12.5 Å². The predicted molar refractivity (Wildman–Crippen MR) is 259 cm³/mol. The number of hydrogen-bond acceptors (Lipinski definition) is 9. The molecule has 5 aliphatic rings.